The van der Waals surface area contributed by atoms with Crippen LogP contribution in [0.2, 0.25) is 0 Å². The number of amides is 1. The molecule has 17 heavy (non-hydrogen) atoms. The van der Waals surface area contributed by atoms with E-state index in [1.54, 1.807) is 0 Å². The van der Waals surface area contributed by atoms with E-state index in [1.807, 2.05) is 11.9 Å². The van der Waals surface area contributed by atoms with Gasteiger partial charge in [-0.05, 0) is 33.4 Å². The molecule has 1 heterocycles. The zero-order valence-electron chi connectivity index (χ0n) is 11.1. The molecule has 0 aromatic carbocycles. The topological polar surface area (TPSA) is 35.6 Å². The Bertz CT molecular complexity index is 263. The molecule has 1 unspecified atom stereocenters. The van der Waals surface area contributed by atoms with Gasteiger partial charge >= 0.3 is 0 Å². The molecule has 4 nitrogen and oxygen atoms in total. The fourth-order valence-electron chi connectivity index (χ4n) is 3.03. The van der Waals surface area contributed by atoms with E-state index in [0.29, 0.717) is 0 Å². The van der Waals surface area contributed by atoms with Crippen LogP contribution in [0.25, 0.3) is 0 Å². The smallest absolute Gasteiger partial charge is 0.239 e. The van der Waals surface area contributed by atoms with Gasteiger partial charge in [0.15, 0.2) is 0 Å². The average molecular weight is 239 g/mol. The summed E-state index contributed by atoms with van der Waals surface area (Å²) in [5.74, 6) is 0.285. The summed E-state index contributed by atoms with van der Waals surface area (Å²) in [6.45, 7) is 2.83. The van der Waals surface area contributed by atoms with Gasteiger partial charge in [0.1, 0.15) is 0 Å². The first-order valence-electron chi connectivity index (χ1n) is 6.88. The van der Waals surface area contributed by atoms with Gasteiger partial charge in [-0.25, -0.2) is 0 Å². The normalized spacial score (nSPS) is 26.4. The Balaban J connectivity index is 1.73. The SMILES string of the molecule is CNC1CCN(CCN(C)C2CCCC2)C1=O. The van der Waals surface area contributed by atoms with Crippen LogP contribution in [-0.4, -0.2) is 61.5 Å². The number of carbonyl (C=O) groups excluding carboxylic acids is 1. The van der Waals surface area contributed by atoms with Crippen molar-refractivity contribution in [1.82, 2.24) is 15.1 Å². The van der Waals surface area contributed by atoms with Crippen molar-refractivity contribution in [2.75, 3.05) is 33.7 Å². The second-order valence-electron chi connectivity index (χ2n) is 5.37. The molecular formula is C13H25N3O. The Hall–Kier alpha value is -0.610. The lowest BCUT2D eigenvalue weighted by molar-refractivity contribution is -0.129. The minimum atomic E-state index is 0.0618. The van der Waals surface area contributed by atoms with Gasteiger partial charge in [0.05, 0.1) is 6.04 Å². The van der Waals surface area contributed by atoms with Crippen molar-refractivity contribution in [3.8, 4) is 0 Å². The monoisotopic (exact) mass is 239 g/mol. The summed E-state index contributed by atoms with van der Waals surface area (Å²) in [5.41, 5.74) is 0. The average Bonchev–Trinajstić information content (AvgIpc) is 2.96. The van der Waals surface area contributed by atoms with Crippen molar-refractivity contribution >= 4 is 5.91 Å². The highest BCUT2D eigenvalue weighted by atomic mass is 16.2. The fraction of sp³-hybridized carbons (Fsp3) is 0.923. The van der Waals surface area contributed by atoms with Crippen LogP contribution in [-0.2, 0) is 4.79 Å². The molecule has 98 valence electrons. The van der Waals surface area contributed by atoms with Gasteiger partial charge < -0.3 is 15.1 Å². The third-order valence-corrected chi connectivity index (χ3v) is 4.32. The van der Waals surface area contributed by atoms with Crippen LogP contribution in [0.4, 0.5) is 0 Å². The summed E-state index contributed by atoms with van der Waals surface area (Å²) in [6.07, 6.45) is 6.38. The van der Waals surface area contributed by atoms with E-state index in [4.69, 9.17) is 0 Å². The predicted molar refractivity (Wildman–Crippen MR) is 68.9 cm³/mol. The van der Waals surface area contributed by atoms with E-state index in [0.717, 1.165) is 32.1 Å². The van der Waals surface area contributed by atoms with Crippen LogP contribution in [0, 0.1) is 0 Å². The van der Waals surface area contributed by atoms with Crippen molar-refractivity contribution in [2.45, 2.75) is 44.2 Å². The molecule has 0 aromatic heterocycles. The Kier molecular flexibility index (Phi) is 4.40. The number of nitrogens with zero attached hydrogens (tertiary/aromatic N) is 2. The number of likely N-dealkylation sites (tertiary alicyclic amines) is 1. The summed E-state index contributed by atoms with van der Waals surface area (Å²) in [4.78, 5) is 16.4. The highest BCUT2D eigenvalue weighted by molar-refractivity contribution is 5.83. The molecule has 4 heteroatoms. The van der Waals surface area contributed by atoms with Crippen molar-refractivity contribution in [3.05, 3.63) is 0 Å². The Labute approximate surface area is 104 Å². The maximum Gasteiger partial charge on any atom is 0.239 e. The fourth-order valence-corrected chi connectivity index (χ4v) is 3.03. The lowest BCUT2D eigenvalue weighted by atomic mass is 10.2. The molecule has 2 fully saturated rings. The summed E-state index contributed by atoms with van der Waals surface area (Å²) in [6, 6.07) is 0.819. The summed E-state index contributed by atoms with van der Waals surface area (Å²) in [5, 5.41) is 3.08. The second-order valence-corrected chi connectivity index (χ2v) is 5.37. The number of hydrogen-bond acceptors (Lipinski definition) is 3. The van der Waals surface area contributed by atoms with Crippen LogP contribution >= 0.6 is 0 Å². The number of hydrogen-bond donors (Lipinski definition) is 1. The van der Waals surface area contributed by atoms with Gasteiger partial charge in [0.2, 0.25) is 5.91 Å². The number of rotatable bonds is 5. The second kappa shape index (κ2) is 5.83. The van der Waals surface area contributed by atoms with Gasteiger partial charge in [0, 0.05) is 25.7 Å². The van der Waals surface area contributed by atoms with E-state index in [2.05, 4.69) is 17.3 Å². The Morgan fingerprint density at radius 3 is 2.65 bits per heavy atom. The van der Waals surface area contributed by atoms with Crippen molar-refractivity contribution in [3.63, 3.8) is 0 Å². The molecule has 0 radical (unpaired) electrons. The van der Waals surface area contributed by atoms with E-state index >= 15 is 0 Å². The molecule has 1 N–H and O–H groups in total. The number of carbonyl (C=O) groups is 1. The lowest BCUT2D eigenvalue weighted by Crippen LogP contribution is -2.41. The molecule has 0 bridgehead atoms. The van der Waals surface area contributed by atoms with Gasteiger partial charge in [-0.3, -0.25) is 4.79 Å². The minimum Gasteiger partial charge on any atom is -0.340 e. The number of likely N-dealkylation sites (N-methyl/N-ethyl adjacent to an activating group) is 2. The van der Waals surface area contributed by atoms with Crippen LogP contribution in [0.1, 0.15) is 32.1 Å². The van der Waals surface area contributed by atoms with Gasteiger partial charge in [-0.2, -0.15) is 0 Å². The third-order valence-electron chi connectivity index (χ3n) is 4.32. The summed E-state index contributed by atoms with van der Waals surface area (Å²) in [7, 11) is 4.07. The maximum absolute atomic E-state index is 11.9. The minimum absolute atomic E-state index is 0.0618. The van der Waals surface area contributed by atoms with Gasteiger partial charge in [0.25, 0.3) is 0 Å². The van der Waals surface area contributed by atoms with Crippen molar-refractivity contribution in [1.29, 1.82) is 0 Å². The predicted octanol–water partition coefficient (Wildman–Crippen LogP) is 0.681. The molecule has 1 atom stereocenters. The Morgan fingerprint density at radius 2 is 2.06 bits per heavy atom. The van der Waals surface area contributed by atoms with Gasteiger partial charge in [-0.15, -0.1) is 0 Å². The molecule has 1 aliphatic heterocycles. The molecule has 1 saturated carbocycles. The zero-order valence-corrected chi connectivity index (χ0v) is 11.1. The van der Waals surface area contributed by atoms with E-state index < -0.39 is 0 Å². The molecule has 1 aliphatic carbocycles. The largest absolute Gasteiger partial charge is 0.340 e. The van der Waals surface area contributed by atoms with Crippen LogP contribution < -0.4 is 5.32 Å². The molecule has 0 aromatic rings. The molecule has 2 rings (SSSR count). The standard InChI is InChI=1S/C13H25N3O/c1-14-12-7-8-16(13(12)17)10-9-15(2)11-5-3-4-6-11/h11-12,14H,3-10H2,1-2H3. The molecule has 0 spiro atoms. The summed E-state index contributed by atoms with van der Waals surface area (Å²) >= 11 is 0. The van der Waals surface area contributed by atoms with Crippen LogP contribution in [0.3, 0.4) is 0 Å². The Morgan fingerprint density at radius 1 is 1.35 bits per heavy atom. The first kappa shape index (κ1) is 12.8. The molecular weight excluding hydrogens is 214 g/mol. The van der Waals surface area contributed by atoms with Crippen LogP contribution in [0.15, 0.2) is 0 Å². The first-order chi connectivity index (χ1) is 8.22. The summed E-state index contributed by atoms with van der Waals surface area (Å²) < 4.78 is 0. The first-order valence-corrected chi connectivity index (χ1v) is 6.88. The molecule has 1 amide bonds. The highest BCUT2D eigenvalue weighted by Crippen LogP contribution is 2.22. The molecule has 2 aliphatic rings. The zero-order chi connectivity index (χ0) is 12.3. The lowest BCUT2D eigenvalue weighted by Gasteiger charge is -2.26. The van der Waals surface area contributed by atoms with Crippen molar-refractivity contribution < 1.29 is 4.79 Å². The van der Waals surface area contributed by atoms with E-state index in [1.165, 1.54) is 25.7 Å². The quantitative estimate of drug-likeness (QED) is 0.766. The van der Waals surface area contributed by atoms with Gasteiger partial charge in [-0.1, -0.05) is 12.8 Å². The van der Waals surface area contributed by atoms with Crippen LogP contribution in [0.5, 0.6) is 0 Å². The maximum atomic E-state index is 11.9. The molecule has 1 saturated heterocycles. The highest BCUT2D eigenvalue weighted by Gasteiger charge is 2.30. The van der Waals surface area contributed by atoms with E-state index in [-0.39, 0.29) is 11.9 Å². The van der Waals surface area contributed by atoms with Crippen molar-refractivity contribution in [2.24, 2.45) is 0 Å². The van der Waals surface area contributed by atoms with E-state index in [9.17, 15) is 4.79 Å². The third kappa shape index (κ3) is 2.99. The number of nitrogens with one attached hydrogen (secondary N) is 1.